The maximum absolute atomic E-state index is 2.44. The molecule has 1 nitrogen and oxygen atoms in total. The summed E-state index contributed by atoms with van der Waals surface area (Å²) in [4.78, 5) is 2.27. The molecule has 0 aliphatic carbocycles. The summed E-state index contributed by atoms with van der Waals surface area (Å²) in [5.41, 5.74) is 7.57. The van der Waals surface area contributed by atoms with E-state index in [0.29, 0.717) is 0 Å². The smallest absolute Gasteiger partial charge is 0.00218 e. The fourth-order valence-corrected chi connectivity index (χ4v) is 3.42. The van der Waals surface area contributed by atoms with E-state index in [4.69, 9.17) is 0 Å². The van der Waals surface area contributed by atoms with Gasteiger partial charge in [-0.15, -0.1) is 0 Å². The molecule has 0 aromatic rings. The van der Waals surface area contributed by atoms with E-state index in [1.165, 1.54) is 93.0 Å². The molecule has 0 aliphatic rings. The summed E-state index contributed by atoms with van der Waals surface area (Å²) in [6.45, 7) is 14.7. The van der Waals surface area contributed by atoms with Gasteiger partial charge in [0.05, 0.1) is 0 Å². The SMILES string of the molecule is CC(C)=CCC/C(C)=C\CC/C(C)=C\CC/C=C(\C)CC/C=C(\C)CCCN(C)C. The van der Waals surface area contributed by atoms with Crippen molar-refractivity contribution in [3.8, 4) is 0 Å². The van der Waals surface area contributed by atoms with Crippen LogP contribution in [0.5, 0.6) is 0 Å². The van der Waals surface area contributed by atoms with Gasteiger partial charge < -0.3 is 4.90 Å². The Kier molecular flexibility index (Phi) is 17.6. The number of rotatable bonds is 16. The highest BCUT2D eigenvalue weighted by molar-refractivity contribution is 5.07. The van der Waals surface area contributed by atoms with Gasteiger partial charge in [-0.2, -0.15) is 0 Å². The van der Waals surface area contributed by atoms with Crippen molar-refractivity contribution < 1.29 is 0 Å². The molecule has 0 saturated heterocycles. The maximum atomic E-state index is 2.44. The average Bonchev–Trinajstić information content (AvgIpc) is 2.64. The van der Waals surface area contributed by atoms with E-state index in [2.05, 4.69) is 90.9 Å². The van der Waals surface area contributed by atoms with Gasteiger partial charge in [0.1, 0.15) is 0 Å². The first-order chi connectivity index (χ1) is 14.2. The van der Waals surface area contributed by atoms with Gasteiger partial charge in [-0.1, -0.05) is 58.2 Å². The molecule has 0 heterocycles. The highest BCUT2D eigenvalue weighted by atomic mass is 15.0. The molecule has 0 unspecified atom stereocenters. The van der Waals surface area contributed by atoms with Crippen molar-refractivity contribution in [3.05, 3.63) is 58.2 Å². The van der Waals surface area contributed by atoms with E-state index < -0.39 is 0 Å². The van der Waals surface area contributed by atoms with E-state index >= 15 is 0 Å². The minimum Gasteiger partial charge on any atom is -0.309 e. The standard InChI is InChI=1S/C29H51N/c1-25(2)15-11-18-28(5)21-12-19-26(3)16-9-10-17-27(4)20-13-22-29(6)23-14-24-30(7)8/h15-17,21-22H,9-14,18-20,23-24H2,1-8H3/b26-16-,27-17+,28-21-,29-22+. The van der Waals surface area contributed by atoms with Gasteiger partial charge in [-0.25, -0.2) is 0 Å². The van der Waals surface area contributed by atoms with Crippen LogP contribution >= 0.6 is 0 Å². The summed E-state index contributed by atoms with van der Waals surface area (Å²) < 4.78 is 0. The Labute approximate surface area is 189 Å². The van der Waals surface area contributed by atoms with Gasteiger partial charge in [0.25, 0.3) is 0 Å². The molecule has 0 aromatic carbocycles. The second kappa shape index (κ2) is 18.4. The Morgan fingerprint density at radius 3 is 1.27 bits per heavy atom. The molecule has 0 amide bonds. The molecule has 0 rings (SSSR count). The van der Waals surface area contributed by atoms with Crippen LogP contribution < -0.4 is 0 Å². The van der Waals surface area contributed by atoms with Crippen LogP contribution in [0.3, 0.4) is 0 Å². The summed E-state index contributed by atoms with van der Waals surface area (Å²) in [6.07, 6.45) is 24.0. The van der Waals surface area contributed by atoms with E-state index in [9.17, 15) is 0 Å². The molecular formula is C29H51N. The number of hydrogen-bond donors (Lipinski definition) is 0. The molecule has 0 radical (unpaired) electrons. The number of hydrogen-bond acceptors (Lipinski definition) is 1. The Balaban J connectivity index is 4.01. The summed E-state index contributed by atoms with van der Waals surface area (Å²) in [5.74, 6) is 0. The molecular weight excluding hydrogens is 362 g/mol. The van der Waals surface area contributed by atoms with Crippen molar-refractivity contribution in [2.45, 2.75) is 106 Å². The zero-order chi connectivity index (χ0) is 22.8. The molecule has 0 aliphatic heterocycles. The predicted octanol–water partition coefficient (Wildman–Crippen LogP) is 9.20. The highest BCUT2D eigenvalue weighted by Crippen LogP contribution is 2.14. The van der Waals surface area contributed by atoms with Crippen LogP contribution in [-0.2, 0) is 0 Å². The first kappa shape index (κ1) is 28.7. The fourth-order valence-electron chi connectivity index (χ4n) is 3.42. The molecule has 1 heteroatoms. The third-order valence-corrected chi connectivity index (χ3v) is 5.48. The van der Waals surface area contributed by atoms with E-state index in [1.807, 2.05) is 0 Å². The van der Waals surface area contributed by atoms with Crippen LogP contribution in [0.2, 0.25) is 0 Å². The topological polar surface area (TPSA) is 3.24 Å². The average molecular weight is 414 g/mol. The van der Waals surface area contributed by atoms with Gasteiger partial charge >= 0.3 is 0 Å². The van der Waals surface area contributed by atoms with Gasteiger partial charge in [-0.05, 0) is 126 Å². The van der Waals surface area contributed by atoms with Gasteiger partial charge in [0.15, 0.2) is 0 Å². The lowest BCUT2D eigenvalue weighted by molar-refractivity contribution is 0.400. The van der Waals surface area contributed by atoms with E-state index in [0.717, 1.165) is 0 Å². The van der Waals surface area contributed by atoms with Crippen LogP contribution in [0, 0.1) is 0 Å². The van der Waals surface area contributed by atoms with Gasteiger partial charge in [0, 0.05) is 0 Å². The summed E-state index contributed by atoms with van der Waals surface area (Å²) >= 11 is 0. The summed E-state index contributed by atoms with van der Waals surface area (Å²) in [5, 5.41) is 0. The number of nitrogens with zero attached hydrogens (tertiary/aromatic N) is 1. The second-order valence-corrected chi connectivity index (χ2v) is 9.58. The highest BCUT2D eigenvalue weighted by Gasteiger charge is 1.95. The molecule has 0 saturated carbocycles. The van der Waals surface area contributed by atoms with Crippen LogP contribution in [0.1, 0.15) is 106 Å². The van der Waals surface area contributed by atoms with Crippen LogP contribution in [0.4, 0.5) is 0 Å². The monoisotopic (exact) mass is 413 g/mol. The lowest BCUT2D eigenvalue weighted by Gasteiger charge is -2.09. The third-order valence-electron chi connectivity index (χ3n) is 5.48. The Morgan fingerprint density at radius 2 is 0.867 bits per heavy atom. The first-order valence-electron chi connectivity index (χ1n) is 12.1. The molecule has 0 N–H and O–H groups in total. The molecule has 172 valence electrons. The van der Waals surface area contributed by atoms with Crippen LogP contribution in [0.15, 0.2) is 58.2 Å². The lowest BCUT2D eigenvalue weighted by Crippen LogP contribution is -2.12. The van der Waals surface area contributed by atoms with Crippen LogP contribution in [-0.4, -0.2) is 25.5 Å². The van der Waals surface area contributed by atoms with Gasteiger partial charge in [0.2, 0.25) is 0 Å². The zero-order valence-corrected chi connectivity index (χ0v) is 21.6. The van der Waals surface area contributed by atoms with Crippen LogP contribution in [0.25, 0.3) is 0 Å². The second-order valence-electron chi connectivity index (χ2n) is 9.58. The van der Waals surface area contributed by atoms with E-state index in [-0.39, 0.29) is 0 Å². The minimum atomic E-state index is 1.17. The Morgan fingerprint density at radius 1 is 0.500 bits per heavy atom. The minimum absolute atomic E-state index is 1.17. The molecule has 0 aromatic heterocycles. The van der Waals surface area contributed by atoms with E-state index in [1.54, 1.807) is 5.57 Å². The maximum Gasteiger partial charge on any atom is -0.00218 e. The first-order valence-corrected chi connectivity index (χ1v) is 12.1. The summed E-state index contributed by atoms with van der Waals surface area (Å²) in [7, 11) is 4.30. The third kappa shape index (κ3) is 20.0. The van der Waals surface area contributed by atoms with Gasteiger partial charge in [-0.3, -0.25) is 0 Å². The van der Waals surface area contributed by atoms with Crippen molar-refractivity contribution >= 4 is 0 Å². The molecule has 0 fully saturated rings. The van der Waals surface area contributed by atoms with Crippen molar-refractivity contribution in [1.82, 2.24) is 4.90 Å². The molecule has 0 atom stereocenters. The fraction of sp³-hybridized carbons (Fsp3) is 0.655. The van der Waals surface area contributed by atoms with Crippen molar-refractivity contribution in [3.63, 3.8) is 0 Å². The number of allylic oxidation sites excluding steroid dienone is 10. The largest absolute Gasteiger partial charge is 0.309 e. The summed E-state index contributed by atoms with van der Waals surface area (Å²) in [6, 6.07) is 0. The Hall–Kier alpha value is -1.34. The predicted molar refractivity (Wildman–Crippen MR) is 139 cm³/mol. The zero-order valence-electron chi connectivity index (χ0n) is 21.6. The normalized spacial score (nSPS) is 13.9. The lowest BCUT2D eigenvalue weighted by atomic mass is 10.0. The van der Waals surface area contributed by atoms with Crippen molar-refractivity contribution in [1.29, 1.82) is 0 Å². The molecule has 0 spiro atoms. The quantitative estimate of drug-likeness (QED) is 0.180. The van der Waals surface area contributed by atoms with Crippen molar-refractivity contribution in [2.24, 2.45) is 0 Å². The molecule has 30 heavy (non-hydrogen) atoms. The Bertz CT molecular complexity index is 592. The molecule has 0 bridgehead atoms. The van der Waals surface area contributed by atoms with Crippen molar-refractivity contribution in [2.75, 3.05) is 20.6 Å². The number of unbranched alkanes of at least 4 members (excludes halogenated alkanes) is 1.